The first-order chi connectivity index (χ1) is 18.3. The van der Waals surface area contributed by atoms with Crippen molar-refractivity contribution in [3.05, 3.63) is 132 Å². The summed E-state index contributed by atoms with van der Waals surface area (Å²) in [7, 11) is 0. The second-order valence-corrected chi connectivity index (χ2v) is 9.25. The predicted molar refractivity (Wildman–Crippen MR) is 155 cm³/mol. The molecule has 0 amide bonds. The lowest BCUT2D eigenvalue weighted by Gasteiger charge is -2.13. The third kappa shape index (κ3) is 3.82. The average molecular weight is 474 g/mol. The second kappa shape index (κ2) is 8.96. The highest BCUT2D eigenvalue weighted by atomic mass is 14.8. The summed E-state index contributed by atoms with van der Waals surface area (Å²) in [5.41, 5.74) is 6.50. The minimum Gasteiger partial charge on any atom is -0.259 e. The summed E-state index contributed by atoms with van der Waals surface area (Å²) in [4.78, 5) is 14.5. The molecular weight excluding hydrogens is 450 g/mol. The van der Waals surface area contributed by atoms with Crippen LogP contribution in [0.25, 0.3) is 55.5 Å². The monoisotopic (exact) mass is 473 g/mol. The Morgan fingerprint density at radius 3 is 2.49 bits per heavy atom. The van der Waals surface area contributed by atoms with E-state index in [1.54, 1.807) is 0 Å². The molecule has 37 heavy (non-hydrogen) atoms. The van der Waals surface area contributed by atoms with Gasteiger partial charge in [0.05, 0.1) is 22.1 Å². The minimum atomic E-state index is 0.785. The van der Waals surface area contributed by atoms with E-state index in [4.69, 9.17) is 4.98 Å². The van der Waals surface area contributed by atoms with Gasteiger partial charge in [0.25, 0.3) is 0 Å². The number of nitrogens with zero attached hydrogens (tertiary/aromatic N) is 3. The lowest BCUT2D eigenvalue weighted by atomic mass is 9.93. The highest BCUT2D eigenvalue weighted by Gasteiger charge is 2.13. The zero-order chi connectivity index (χ0) is 24.6. The zero-order valence-corrected chi connectivity index (χ0v) is 20.2. The third-order valence-electron chi connectivity index (χ3n) is 6.95. The Labute approximate surface area is 214 Å². The molecule has 3 heterocycles. The van der Waals surface area contributed by atoms with Crippen LogP contribution < -0.4 is 10.6 Å². The molecule has 3 nitrogen and oxygen atoms in total. The molecule has 0 N–H and O–H groups in total. The molecule has 0 radical (unpaired) electrons. The molecule has 174 valence electrons. The predicted octanol–water partition coefficient (Wildman–Crippen LogP) is 6.57. The Hall–Kier alpha value is -4.89. The maximum Gasteiger partial charge on any atom is 0.0920 e. The topological polar surface area (TPSA) is 38.1 Å². The number of dihydropyridines is 1. The van der Waals surface area contributed by atoms with Crippen LogP contribution in [0.4, 0.5) is 0 Å². The van der Waals surface area contributed by atoms with E-state index in [1.165, 1.54) is 27.3 Å². The van der Waals surface area contributed by atoms with Crippen molar-refractivity contribution in [2.24, 2.45) is 4.99 Å². The van der Waals surface area contributed by atoms with Gasteiger partial charge in [-0.2, -0.15) is 0 Å². The summed E-state index contributed by atoms with van der Waals surface area (Å²) in [6.45, 7) is 0. The molecule has 3 heteroatoms. The summed E-state index contributed by atoms with van der Waals surface area (Å²) in [5, 5.41) is 6.66. The van der Waals surface area contributed by atoms with E-state index in [1.807, 2.05) is 24.6 Å². The summed E-state index contributed by atoms with van der Waals surface area (Å²) in [6, 6.07) is 34.2. The van der Waals surface area contributed by atoms with Crippen LogP contribution in [0.1, 0.15) is 12.0 Å². The first-order valence-corrected chi connectivity index (χ1v) is 12.5. The van der Waals surface area contributed by atoms with E-state index >= 15 is 0 Å². The molecule has 0 aliphatic carbocycles. The van der Waals surface area contributed by atoms with Crippen LogP contribution in [0.15, 0.2) is 120 Å². The molecule has 0 saturated heterocycles. The summed E-state index contributed by atoms with van der Waals surface area (Å²) in [5.74, 6) is 0. The molecule has 1 aliphatic heterocycles. The summed E-state index contributed by atoms with van der Waals surface area (Å²) in [6.07, 6.45) is 10.7. The maximum absolute atomic E-state index is 5.23. The van der Waals surface area contributed by atoms with Crippen molar-refractivity contribution in [3.63, 3.8) is 0 Å². The number of fused-ring (bicyclic) bond motifs is 4. The van der Waals surface area contributed by atoms with Crippen molar-refractivity contribution in [2.75, 3.05) is 0 Å². The standard InChI is InChI=1S/C34H23N3/c1-2-10-25(11-3-1)32-28-17-15-23(21-26-12-8-20-36-33(26)30-14-6-7-19-35-30)22-31(28)37-34-27-13-5-4-9-24(27)16-18-29(32)34/h1-13,15-22H,14H2/b26-21+,33-30-. The first kappa shape index (κ1) is 21.4. The van der Waals surface area contributed by atoms with Crippen LogP contribution in [0.3, 0.4) is 0 Å². The van der Waals surface area contributed by atoms with E-state index in [-0.39, 0.29) is 0 Å². The molecule has 0 bridgehead atoms. The van der Waals surface area contributed by atoms with Gasteiger partial charge in [-0.05, 0) is 40.8 Å². The van der Waals surface area contributed by atoms with Gasteiger partial charge in [-0.3, -0.25) is 9.98 Å². The zero-order valence-electron chi connectivity index (χ0n) is 20.2. The van der Waals surface area contributed by atoms with Gasteiger partial charge < -0.3 is 0 Å². The van der Waals surface area contributed by atoms with Gasteiger partial charge in [0.1, 0.15) is 0 Å². The van der Waals surface area contributed by atoms with E-state index in [2.05, 4.69) is 113 Å². The Kier molecular flexibility index (Phi) is 5.18. The van der Waals surface area contributed by atoms with Gasteiger partial charge in [0, 0.05) is 45.8 Å². The second-order valence-electron chi connectivity index (χ2n) is 9.25. The van der Waals surface area contributed by atoms with Gasteiger partial charge in [-0.25, -0.2) is 4.98 Å². The quantitative estimate of drug-likeness (QED) is 0.211. The van der Waals surface area contributed by atoms with E-state index in [9.17, 15) is 0 Å². The fourth-order valence-electron chi connectivity index (χ4n) is 5.24. The van der Waals surface area contributed by atoms with Crippen molar-refractivity contribution in [3.8, 4) is 11.1 Å². The Morgan fingerprint density at radius 2 is 1.59 bits per heavy atom. The van der Waals surface area contributed by atoms with E-state index in [0.29, 0.717) is 0 Å². The van der Waals surface area contributed by atoms with Crippen molar-refractivity contribution in [1.29, 1.82) is 0 Å². The number of allylic oxidation sites excluding steroid dienone is 1. The molecule has 0 spiro atoms. The van der Waals surface area contributed by atoms with Crippen molar-refractivity contribution in [1.82, 2.24) is 9.97 Å². The van der Waals surface area contributed by atoms with Crippen LogP contribution in [-0.4, -0.2) is 16.2 Å². The SMILES string of the molecule is C1=CC/C(=c2/nccc/c2=C\c2ccc3c(-c4ccccc4)c4ccc5ccccc5c4nc3c2)N=C1. The minimum absolute atomic E-state index is 0.785. The van der Waals surface area contributed by atoms with Crippen molar-refractivity contribution >= 4 is 50.6 Å². The molecule has 2 aromatic heterocycles. The van der Waals surface area contributed by atoms with Crippen LogP contribution in [0.5, 0.6) is 0 Å². The number of hydrogen-bond donors (Lipinski definition) is 0. The van der Waals surface area contributed by atoms with Gasteiger partial charge in [0.2, 0.25) is 0 Å². The Balaban J connectivity index is 1.53. The number of rotatable bonds is 2. The highest BCUT2D eigenvalue weighted by Crippen LogP contribution is 2.37. The number of hydrogen-bond acceptors (Lipinski definition) is 3. The fraction of sp³-hybridized carbons (Fsp3) is 0.0294. The fourth-order valence-corrected chi connectivity index (χ4v) is 5.24. The number of pyridine rings is 2. The smallest absolute Gasteiger partial charge is 0.0920 e. The number of aromatic nitrogens is 2. The maximum atomic E-state index is 5.23. The largest absolute Gasteiger partial charge is 0.259 e. The van der Waals surface area contributed by atoms with Gasteiger partial charge >= 0.3 is 0 Å². The van der Waals surface area contributed by atoms with Gasteiger partial charge in [-0.15, -0.1) is 0 Å². The van der Waals surface area contributed by atoms with Crippen LogP contribution in [0, 0.1) is 0 Å². The normalized spacial score (nSPS) is 15.2. The lowest BCUT2D eigenvalue weighted by Crippen LogP contribution is -2.30. The molecule has 0 saturated carbocycles. The van der Waals surface area contributed by atoms with Gasteiger partial charge in [0.15, 0.2) is 0 Å². The molecule has 1 aliphatic rings. The number of benzene rings is 4. The lowest BCUT2D eigenvalue weighted by molar-refractivity contribution is 1.15. The average Bonchev–Trinajstić information content (AvgIpc) is 2.97. The molecule has 7 rings (SSSR count). The first-order valence-electron chi connectivity index (χ1n) is 12.5. The Bertz CT molecular complexity index is 2000. The molecule has 0 fully saturated rings. The van der Waals surface area contributed by atoms with E-state index in [0.717, 1.165) is 44.7 Å². The molecule has 4 aromatic carbocycles. The van der Waals surface area contributed by atoms with Crippen LogP contribution >= 0.6 is 0 Å². The van der Waals surface area contributed by atoms with E-state index < -0.39 is 0 Å². The van der Waals surface area contributed by atoms with Crippen molar-refractivity contribution in [2.45, 2.75) is 6.42 Å². The summed E-state index contributed by atoms with van der Waals surface area (Å²) < 4.78 is 0. The number of aliphatic imine (C=N–C) groups is 1. The third-order valence-corrected chi connectivity index (χ3v) is 6.95. The summed E-state index contributed by atoms with van der Waals surface area (Å²) >= 11 is 0. The van der Waals surface area contributed by atoms with Crippen molar-refractivity contribution < 1.29 is 0 Å². The molecule has 0 atom stereocenters. The highest BCUT2D eigenvalue weighted by molar-refractivity contribution is 6.17. The molecular formula is C34H23N3. The van der Waals surface area contributed by atoms with Crippen LogP contribution in [0.2, 0.25) is 0 Å². The molecule has 0 unspecified atom stereocenters. The van der Waals surface area contributed by atoms with Crippen LogP contribution in [-0.2, 0) is 0 Å². The molecule has 6 aromatic rings. The Morgan fingerprint density at radius 1 is 0.730 bits per heavy atom. The van der Waals surface area contributed by atoms with Gasteiger partial charge in [-0.1, -0.05) is 91.0 Å².